The van der Waals surface area contributed by atoms with E-state index in [-0.39, 0.29) is 42.7 Å². The molecule has 334 valence electrons. The number of para-hydroxylation sites is 1. The molecule has 2 aromatic heterocycles. The predicted octanol–water partition coefficient (Wildman–Crippen LogP) is 15.4. The first kappa shape index (κ1) is 45.7. The maximum absolute atomic E-state index is 6.99. The molecule has 0 aliphatic carbocycles. The third kappa shape index (κ3) is 9.05. The minimum atomic E-state index is -0.207. The minimum absolute atomic E-state index is 0. The molecule has 0 bridgehead atoms. The first-order valence-corrected chi connectivity index (χ1v) is 22.4. The number of pyridine rings is 1. The molecule has 0 unspecified atom stereocenters. The van der Waals surface area contributed by atoms with Gasteiger partial charge in [-0.25, -0.2) is 4.98 Å². The average molecular weight is 1040 g/mol. The van der Waals surface area contributed by atoms with Crippen LogP contribution >= 0.6 is 0 Å². The van der Waals surface area contributed by atoms with Gasteiger partial charge in [-0.15, -0.1) is 53.8 Å². The number of nitrogens with zero attached hydrogens (tertiary/aromatic N) is 4. The summed E-state index contributed by atoms with van der Waals surface area (Å²) in [5.41, 5.74) is 11.9. The molecule has 1 aliphatic heterocycles. The Morgan fingerprint density at radius 2 is 1.17 bits per heavy atom. The summed E-state index contributed by atoms with van der Waals surface area (Å²) >= 11 is 0. The molecule has 0 saturated carbocycles. The fourth-order valence-electron chi connectivity index (χ4n) is 8.74. The van der Waals surface area contributed by atoms with Crippen LogP contribution in [0, 0.1) is 18.8 Å². The van der Waals surface area contributed by atoms with Crippen LogP contribution in [0.15, 0.2) is 152 Å². The van der Waals surface area contributed by atoms with Gasteiger partial charge in [-0.3, -0.25) is 0 Å². The molecule has 1 aliphatic rings. The third-order valence-electron chi connectivity index (χ3n) is 12.7. The van der Waals surface area contributed by atoms with Crippen LogP contribution in [0.3, 0.4) is 0 Å². The van der Waals surface area contributed by atoms with Crippen molar-refractivity contribution in [3.05, 3.63) is 199 Å². The molecule has 0 spiro atoms. The van der Waals surface area contributed by atoms with Crippen LogP contribution in [0.4, 0.5) is 11.4 Å². The third-order valence-corrected chi connectivity index (χ3v) is 12.7. The van der Waals surface area contributed by atoms with Crippen molar-refractivity contribution in [2.75, 3.05) is 9.80 Å². The standard InChI is InChI=1S/C59H59N4O.Pt/c1-56(2,3)43-26-27-60-54(35-43)63-52-25-19-18-24-50(52)55-51(58(7,8)9)37-49(38-53(55)63)64-48-31-41(40-20-14-12-15-21-40)30-46(36-48)61-28-29-62(39-61)47-33-44(57(4,5)6)32-45(34-47)59(10,11)42-22-16-13-17-23-42;/h12-35,37,39H,1-11H3;/q-3;. The summed E-state index contributed by atoms with van der Waals surface area (Å²) in [5.74, 6) is 2.08. The van der Waals surface area contributed by atoms with Crippen molar-refractivity contribution in [1.82, 2.24) is 9.55 Å². The SMILES string of the molecule is CC(C)(C)c1cc(N2C=CN(c3[c-]c(Oc4[c-]c5c(c(C(C)(C)C)c4)c4ccccc4n5-c4cc(C(C)(C)C)ccn4)cc(-c4ccccc4)c3)[CH-]2)cc(C(C)(C)c2ccccc2)c1.[Pt]. The summed E-state index contributed by atoms with van der Waals surface area (Å²) in [6.07, 6.45) is 6.15. The topological polar surface area (TPSA) is 33.5 Å². The molecule has 0 fully saturated rings. The van der Waals surface area contributed by atoms with Crippen molar-refractivity contribution < 1.29 is 25.8 Å². The maximum atomic E-state index is 6.99. The average Bonchev–Trinajstić information content (AvgIpc) is 3.90. The van der Waals surface area contributed by atoms with Crippen molar-refractivity contribution in [1.29, 1.82) is 0 Å². The Morgan fingerprint density at radius 1 is 0.538 bits per heavy atom. The number of rotatable bonds is 8. The quantitative estimate of drug-likeness (QED) is 0.142. The number of benzene rings is 6. The van der Waals surface area contributed by atoms with Crippen LogP contribution in [0.2, 0.25) is 0 Å². The van der Waals surface area contributed by atoms with Gasteiger partial charge in [0.25, 0.3) is 0 Å². The summed E-state index contributed by atoms with van der Waals surface area (Å²) < 4.78 is 9.23. The van der Waals surface area contributed by atoms with E-state index in [1.807, 2.05) is 12.3 Å². The van der Waals surface area contributed by atoms with Gasteiger partial charge in [0.2, 0.25) is 0 Å². The van der Waals surface area contributed by atoms with Gasteiger partial charge in [0.15, 0.2) is 0 Å². The Balaban J connectivity index is 0.00000576. The molecule has 6 heteroatoms. The zero-order valence-corrected chi connectivity index (χ0v) is 41.8. The van der Waals surface area contributed by atoms with E-state index in [1.54, 1.807) is 0 Å². The number of ether oxygens (including phenoxy) is 1. The number of hydrogen-bond acceptors (Lipinski definition) is 4. The van der Waals surface area contributed by atoms with Gasteiger partial charge < -0.3 is 19.1 Å². The maximum Gasteiger partial charge on any atom is 0.135 e. The normalized spacial score (nSPS) is 13.5. The molecule has 5 nitrogen and oxygen atoms in total. The molecule has 6 aromatic carbocycles. The molecule has 3 heterocycles. The Labute approximate surface area is 401 Å². The van der Waals surface area contributed by atoms with E-state index in [2.05, 4.69) is 249 Å². The summed E-state index contributed by atoms with van der Waals surface area (Å²) in [6, 6.07) is 55.1. The van der Waals surface area contributed by atoms with Crippen LogP contribution in [0.25, 0.3) is 38.8 Å². The van der Waals surface area contributed by atoms with Crippen molar-refractivity contribution in [3.63, 3.8) is 0 Å². The summed E-state index contributed by atoms with van der Waals surface area (Å²) in [5, 5.41) is 2.32. The van der Waals surface area contributed by atoms with E-state index in [0.717, 1.165) is 50.1 Å². The zero-order chi connectivity index (χ0) is 45.2. The Hall–Kier alpha value is -5.90. The second kappa shape index (κ2) is 17.1. The molecule has 0 saturated heterocycles. The van der Waals surface area contributed by atoms with Crippen LogP contribution in [0.5, 0.6) is 11.5 Å². The van der Waals surface area contributed by atoms with E-state index in [4.69, 9.17) is 9.72 Å². The van der Waals surface area contributed by atoms with E-state index in [0.29, 0.717) is 11.5 Å². The van der Waals surface area contributed by atoms with E-state index < -0.39 is 0 Å². The van der Waals surface area contributed by atoms with Crippen LogP contribution in [-0.2, 0) is 42.7 Å². The van der Waals surface area contributed by atoms with Gasteiger partial charge in [0.05, 0.1) is 0 Å². The summed E-state index contributed by atoms with van der Waals surface area (Å²) in [7, 11) is 0. The van der Waals surface area contributed by atoms with E-state index >= 15 is 0 Å². The van der Waals surface area contributed by atoms with Crippen molar-refractivity contribution in [2.45, 2.75) is 97.8 Å². The molecule has 65 heavy (non-hydrogen) atoms. The zero-order valence-electron chi connectivity index (χ0n) is 39.5. The Bertz CT molecular complexity index is 3030. The molecule has 0 amide bonds. The largest absolute Gasteiger partial charge is 0.509 e. The van der Waals surface area contributed by atoms with Crippen molar-refractivity contribution in [3.8, 4) is 28.4 Å². The minimum Gasteiger partial charge on any atom is -0.509 e. The smallest absolute Gasteiger partial charge is 0.135 e. The fraction of sp³-hybridized carbons (Fsp3) is 0.254. The Kier molecular flexibility index (Phi) is 12.0. The molecule has 9 rings (SSSR count). The second-order valence-electron chi connectivity index (χ2n) is 20.9. The van der Waals surface area contributed by atoms with E-state index in [1.165, 1.54) is 27.8 Å². The molecule has 0 radical (unpaired) electrons. The van der Waals surface area contributed by atoms with Gasteiger partial charge in [-0.1, -0.05) is 172 Å². The molecule has 8 aromatic rings. The number of aromatic nitrogens is 2. The first-order valence-electron chi connectivity index (χ1n) is 22.4. The number of anilines is 2. The Morgan fingerprint density at radius 3 is 1.86 bits per heavy atom. The number of hydrogen-bond donors (Lipinski definition) is 0. The van der Waals surface area contributed by atoms with Gasteiger partial charge in [-0.2, -0.15) is 0 Å². The summed E-state index contributed by atoms with van der Waals surface area (Å²) in [4.78, 5) is 9.29. The van der Waals surface area contributed by atoms with E-state index in [9.17, 15) is 0 Å². The van der Waals surface area contributed by atoms with Crippen molar-refractivity contribution >= 4 is 33.2 Å². The molecule has 0 N–H and O–H groups in total. The molecule has 0 atom stereocenters. The number of fused-ring (bicyclic) bond motifs is 3. The summed E-state index contributed by atoms with van der Waals surface area (Å²) in [6.45, 7) is 27.1. The van der Waals surface area contributed by atoms with Crippen LogP contribution in [0.1, 0.15) is 104 Å². The van der Waals surface area contributed by atoms with Crippen LogP contribution < -0.4 is 14.5 Å². The van der Waals surface area contributed by atoms with Gasteiger partial charge in [-0.05, 0) is 92.2 Å². The van der Waals surface area contributed by atoms with Gasteiger partial charge in [0.1, 0.15) is 5.82 Å². The van der Waals surface area contributed by atoms with Crippen LogP contribution in [-0.4, -0.2) is 9.55 Å². The second-order valence-corrected chi connectivity index (χ2v) is 20.9. The predicted molar refractivity (Wildman–Crippen MR) is 268 cm³/mol. The fourth-order valence-corrected chi connectivity index (χ4v) is 8.74. The van der Waals surface area contributed by atoms with Gasteiger partial charge >= 0.3 is 0 Å². The molecular weight excluding hydrogens is 976 g/mol. The first-order chi connectivity index (χ1) is 30.3. The van der Waals surface area contributed by atoms with Gasteiger partial charge in [0, 0.05) is 55.4 Å². The monoisotopic (exact) mass is 1030 g/mol. The molecular formula is C59H59N4OPt-3. The van der Waals surface area contributed by atoms with Crippen molar-refractivity contribution in [2.24, 2.45) is 0 Å².